The Morgan fingerprint density at radius 1 is 1.26 bits per heavy atom. The molecule has 2 aliphatic rings. The molecule has 0 aromatic carbocycles. The predicted molar refractivity (Wildman–Crippen MR) is 107 cm³/mol. The number of aliphatic imine (C=N–C) groups is 1. The van der Waals surface area contributed by atoms with E-state index in [4.69, 9.17) is 0 Å². The first-order valence-corrected chi connectivity index (χ1v) is 11.4. The zero-order valence-corrected chi connectivity index (χ0v) is 16.7. The van der Waals surface area contributed by atoms with Crippen molar-refractivity contribution in [2.24, 2.45) is 4.99 Å². The number of nitrogens with zero attached hydrogens (tertiary/aromatic N) is 5. The summed E-state index contributed by atoms with van der Waals surface area (Å²) in [7, 11) is -2.89. The monoisotopic (exact) mass is 395 g/mol. The maximum absolute atomic E-state index is 11.6. The molecule has 3 heterocycles. The molecule has 0 aliphatic carbocycles. The summed E-state index contributed by atoms with van der Waals surface area (Å²) >= 11 is 0. The van der Waals surface area contributed by atoms with Crippen LogP contribution in [0.1, 0.15) is 13.3 Å². The molecule has 1 aromatic heterocycles. The minimum Gasteiger partial charge on any atom is -0.357 e. The summed E-state index contributed by atoms with van der Waals surface area (Å²) in [6.45, 7) is 8.05. The molecule has 2 saturated heterocycles. The molecule has 2 N–H and O–H groups in total. The molecule has 1 atom stereocenters. The third-order valence-electron chi connectivity index (χ3n) is 4.81. The summed E-state index contributed by atoms with van der Waals surface area (Å²) in [4.78, 5) is 17.8. The molecule has 150 valence electrons. The van der Waals surface area contributed by atoms with E-state index in [1.54, 1.807) is 12.4 Å². The van der Waals surface area contributed by atoms with Crippen LogP contribution in [0.2, 0.25) is 0 Å². The summed E-state index contributed by atoms with van der Waals surface area (Å²) in [6.07, 6.45) is 4.19. The van der Waals surface area contributed by atoms with Crippen molar-refractivity contribution in [1.82, 2.24) is 25.5 Å². The SMILES string of the molecule is CCNC(=NCCN1CCN(c2ncccn2)CC1)NC1CCS(=O)(=O)C1. The van der Waals surface area contributed by atoms with E-state index in [9.17, 15) is 8.42 Å². The predicted octanol–water partition coefficient (Wildman–Crippen LogP) is -0.659. The number of aromatic nitrogens is 2. The molecular weight excluding hydrogens is 366 g/mol. The average Bonchev–Trinajstić information content (AvgIpc) is 3.01. The summed E-state index contributed by atoms with van der Waals surface area (Å²) < 4.78 is 23.2. The number of guanidine groups is 1. The van der Waals surface area contributed by atoms with Gasteiger partial charge >= 0.3 is 0 Å². The van der Waals surface area contributed by atoms with Crippen LogP contribution < -0.4 is 15.5 Å². The van der Waals surface area contributed by atoms with Gasteiger partial charge in [-0.05, 0) is 19.4 Å². The minimum atomic E-state index is -2.89. The van der Waals surface area contributed by atoms with Crippen LogP contribution in [0.5, 0.6) is 0 Å². The largest absolute Gasteiger partial charge is 0.357 e. The molecule has 1 unspecified atom stereocenters. The van der Waals surface area contributed by atoms with E-state index in [0.29, 0.717) is 18.9 Å². The van der Waals surface area contributed by atoms with Crippen molar-refractivity contribution >= 4 is 21.7 Å². The van der Waals surface area contributed by atoms with Crippen molar-refractivity contribution in [1.29, 1.82) is 0 Å². The maximum Gasteiger partial charge on any atom is 0.225 e. The van der Waals surface area contributed by atoms with E-state index in [0.717, 1.165) is 45.2 Å². The van der Waals surface area contributed by atoms with Gasteiger partial charge in [0, 0.05) is 57.7 Å². The summed E-state index contributed by atoms with van der Waals surface area (Å²) in [5, 5.41) is 6.46. The molecule has 0 bridgehead atoms. The van der Waals surface area contributed by atoms with Crippen LogP contribution in [0.15, 0.2) is 23.5 Å². The van der Waals surface area contributed by atoms with Crippen LogP contribution in [-0.2, 0) is 9.84 Å². The molecule has 3 rings (SSSR count). The zero-order valence-electron chi connectivity index (χ0n) is 15.8. The number of nitrogens with one attached hydrogen (secondary N) is 2. The van der Waals surface area contributed by atoms with Crippen molar-refractivity contribution in [2.45, 2.75) is 19.4 Å². The third kappa shape index (κ3) is 6.03. The molecule has 10 heteroatoms. The second kappa shape index (κ2) is 9.32. The van der Waals surface area contributed by atoms with Gasteiger partial charge < -0.3 is 15.5 Å². The van der Waals surface area contributed by atoms with Crippen molar-refractivity contribution in [2.75, 3.05) is 62.2 Å². The third-order valence-corrected chi connectivity index (χ3v) is 6.58. The lowest BCUT2D eigenvalue weighted by atomic mass is 10.3. The van der Waals surface area contributed by atoms with Crippen molar-refractivity contribution in [3.8, 4) is 0 Å². The van der Waals surface area contributed by atoms with E-state index in [1.807, 2.05) is 13.0 Å². The number of hydrogen-bond acceptors (Lipinski definition) is 7. The Morgan fingerprint density at radius 3 is 2.63 bits per heavy atom. The second-order valence-corrected chi connectivity index (χ2v) is 9.11. The molecule has 2 fully saturated rings. The fourth-order valence-electron chi connectivity index (χ4n) is 3.35. The first-order chi connectivity index (χ1) is 13.1. The highest BCUT2D eigenvalue weighted by molar-refractivity contribution is 7.91. The van der Waals surface area contributed by atoms with E-state index in [2.05, 4.69) is 35.4 Å². The van der Waals surface area contributed by atoms with Gasteiger partial charge in [-0.2, -0.15) is 0 Å². The molecule has 1 aromatic rings. The Bertz CT molecular complexity index is 718. The molecular formula is C17H29N7O2S. The molecule has 9 nitrogen and oxygen atoms in total. The molecule has 2 aliphatic heterocycles. The number of rotatable bonds is 6. The lowest BCUT2D eigenvalue weighted by Crippen LogP contribution is -2.48. The van der Waals surface area contributed by atoms with E-state index < -0.39 is 9.84 Å². The van der Waals surface area contributed by atoms with E-state index >= 15 is 0 Å². The fourth-order valence-corrected chi connectivity index (χ4v) is 5.02. The molecule has 0 radical (unpaired) electrons. The Hall–Kier alpha value is -1.94. The van der Waals surface area contributed by atoms with Gasteiger partial charge in [0.1, 0.15) is 0 Å². The maximum atomic E-state index is 11.6. The van der Waals surface area contributed by atoms with E-state index in [1.165, 1.54) is 0 Å². The van der Waals surface area contributed by atoms with Crippen molar-refractivity contribution in [3.05, 3.63) is 18.5 Å². The van der Waals surface area contributed by atoms with Gasteiger partial charge in [0.2, 0.25) is 5.95 Å². The topological polar surface area (TPSA) is 103 Å². The van der Waals surface area contributed by atoms with Crippen LogP contribution >= 0.6 is 0 Å². The normalized spacial score (nSPS) is 23.4. The Balaban J connectivity index is 1.43. The smallest absolute Gasteiger partial charge is 0.225 e. The quantitative estimate of drug-likeness (QED) is 0.483. The number of sulfone groups is 1. The lowest BCUT2D eigenvalue weighted by molar-refractivity contribution is 0.263. The number of hydrogen-bond donors (Lipinski definition) is 2. The van der Waals surface area contributed by atoms with Gasteiger partial charge in [0.05, 0.1) is 18.1 Å². The summed E-state index contributed by atoms with van der Waals surface area (Å²) in [5.74, 6) is 1.96. The van der Waals surface area contributed by atoms with Crippen LogP contribution in [0.4, 0.5) is 5.95 Å². The van der Waals surface area contributed by atoms with E-state index in [-0.39, 0.29) is 17.5 Å². The standard InChI is InChI=1S/C17H29N7O2S/c1-2-18-16(22-15-4-13-27(25,26)14-15)19-7-8-23-9-11-24(12-10-23)17-20-5-3-6-21-17/h3,5-6,15H,2,4,7-14H2,1H3,(H2,18,19,22). The highest BCUT2D eigenvalue weighted by atomic mass is 32.2. The van der Waals surface area contributed by atoms with Gasteiger partial charge in [-0.25, -0.2) is 18.4 Å². The fraction of sp³-hybridized carbons (Fsp3) is 0.706. The number of piperazine rings is 1. The van der Waals surface area contributed by atoms with Crippen molar-refractivity contribution < 1.29 is 8.42 Å². The van der Waals surface area contributed by atoms with Gasteiger partial charge in [0.25, 0.3) is 0 Å². The van der Waals surface area contributed by atoms with Gasteiger partial charge in [-0.1, -0.05) is 0 Å². The zero-order chi connectivity index (χ0) is 19.1. The highest BCUT2D eigenvalue weighted by Crippen LogP contribution is 2.11. The molecule has 0 spiro atoms. The first-order valence-electron chi connectivity index (χ1n) is 9.55. The summed E-state index contributed by atoms with van der Waals surface area (Å²) in [5.41, 5.74) is 0. The van der Waals surface area contributed by atoms with Crippen LogP contribution in [-0.4, -0.2) is 92.6 Å². The second-order valence-electron chi connectivity index (χ2n) is 6.88. The van der Waals surface area contributed by atoms with Crippen LogP contribution in [0, 0.1) is 0 Å². The van der Waals surface area contributed by atoms with Gasteiger partial charge in [-0.15, -0.1) is 0 Å². The van der Waals surface area contributed by atoms with Crippen LogP contribution in [0.25, 0.3) is 0 Å². The average molecular weight is 396 g/mol. The van der Waals surface area contributed by atoms with Crippen molar-refractivity contribution in [3.63, 3.8) is 0 Å². The number of anilines is 1. The van der Waals surface area contributed by atoms with Crippen LogP contribution in [0.3, 0.4) is 0 Å². The molecule has 0 saturated carbocycles. The van der Waals surface area contributed by atoms with Gasteiger partial charge in [-0.3, -0.25) is 9.89 Å². The minimum absolute atomic E-state index is 0.0396. The molecule has 27 heavy (non-hydrogen) atoms. The Morgan fingerprint density at radius 2 is 2.00 bits per heavy atom. The van der Waals surface area contributed by atoms with Gasteiger partial charge in [0.15, 0.2) is 15.8 Å². The highest BCUT2D eigenvalue weighted by Gasteiger charge is 2.28. The lowest BCUT2D eigenvalue weighted by Gasteiger charge is -2.34. The summed E-state index contributed by atoms with van der Waals surface area (Å²) in [6, 6.07) is 1.79. The first kappa shape index (κ1) is 19.8. The molecule has 0 amide bonds. The Kier molecular flexibility index (Phi) is 6.84. The Labute approximate surface area is 161 Å².